The summed E-state index contributed by atoms with van der Waals surface area (Å²) in [7, 11) is 0. The summed E-state index contributed by atoms with van der Waals surface area (Å²) in [5.74, 6) is -0.0251. The zero-order valence-electron chi connectivity index (χ0n) is 16.1. The van der Waals surface area contributed by atoms with E-state index in [4.69, 9.17) is 0 Å². The Kier molecular flexibility index (Phi) is 23.4. The first-order valence-electron chi connectivity index (χ1n) is 8.86. The lowest BCUT2D eigenvalue weighted by molar-refractivity contribution is -0.131. The third kappa shape index (κ3) is 16.6. The van der Waals surface area contributed by atoms with Crippen molar-refractivity contribution < 1.29 is 14.4 Å². The molecule has 0 unspecified atom stereocenters. The van der Waals surface area contributed by atoms with Gasteiger partial charge in [-0.25, -0.2) is 0 Å². The van der Waals surface area contributed by atoms with Crippen LogP contribution in [-0.4, -0.2) is 48.8 Å². The highest BCUT2D eigenvalue weighted by Gasteiger charge is 2.11. The molecule has 0 aromatic carbocycles. The highest BCUT2D eigenvalue weighted by Crippen LogP contribution is 1.93. The Morgan fingerprint density at radius 1 is 0.696 bits per heavy atom. The SMILES string of the molecule is CC.CC.CCC(=O)NCCN(CCNC(=O)CC)C(=O)CC. The molecule has 0 saturated carbocycles. The van der Waals surface area contributed by atoms with Crippen LogP contribution in [-0.2, 0) is 14.4 Å². The number of carbonyl (C=O) groups excluding carboxylic acids is 3. The minimum Gasteiger partial charge on any atom is -0.354 e. The van der Waals surface area contributed by atoms with E-state index >= 15 is 0 Å². The molecule has 0 bridgehead atoms. The number of nitrogens with zero attached hydrogens (tertiary/aromatic N) is 1. The first kappa shape index (κ1) is 26.3. The number of carbonyl (C=O) groups is 3. The van der Waals surface area contributed by atoms with Crippen molar-refractivity contribution in [2.24, 2.45) is 0 Å². The highest BCUT2D eigenvalue weighted by molar-refractivity contribution is 5.77. The molecule has 0 heterocycles. The quantitative estimate of drug-likeness (QED) is 0.680. The Morgan fingerprint density at radius 3 is 1.30 bits per heavy atom. The third-order valence-electron chi connectivity index (χ3n) is 2.71. The minimum atomic E-state index is -0.0248. The summed E-state index contributed by atoms with van der Waals surface area (Å²) >= 11 is 0. The molecule has 0 spiro atoms. The Labute approximate surface area is 142 Å². The molecule has 0 aromatic rings. The maximum Gasteiger partial charge on any atom is 0.222 e. The summed E-state index contributed by atoms with van der Waals surface area (Å²) in [4.78, 5) is 35.6. The van der Waals surface area contributed by atoms with Crippen LogP contribution in [0.1, 0.15) is 67.7 Å². The van der Waals surface area contributed by atoms with Gasteiger partial charge < -0.3 is 15.5 Å². The number of hydrogen-bond donors (Lipinski definition) is 2. The van der Waals surface area contributed by atoms with Gasteiger partial charge >= 0.3 is 0 Å². The third-order valence-corrected chi connectivity index (χ3v) is 2.71. The van der Waals surface area contributed by atoms with Gasteiger partial charge in [0.2, 0.25) is 17.7 Å². The van der Waals surface area contributed by atoms with Crippen molar-refractivity contribution in [2.75, 3.05) is 26.2 Å². The van der Waals surface area contributed by atoms with Crippen molar-refractivity contribution in [2.45, 2.75) is 67.7 Å². The van der Waals surface area contributed by atoms with E-state index in [1.165, 1.54) is 0 Å². The Bertz CT molecular complexity index is 285. The van der Waals surface area contributed by atoms with Gasteiger partial charge in [-0.05, 0) is 0 Å². The summed E-state index contributed by atoms with van der Waals surface area (Å²) in [5, 5.41) is 5.46. The predicted molar refractivity (Wildman–Crippen MR) is 96.2 cm³/mol. The fourth-order valence-electron chi connectivity index (χ4n) is 1.50. The molecule has 0 aromatic heterocycles. The van der Waals surface area contributed by atoms with Gasteiger partial charge in [0.1, 0.15) is 0 Å². The monoisotopic (exact) mass is 331 g/mol. The maximum atomic E-state index is 11.7. The molecule has 3 amide bonds. The smallest absolute Gasteiger partial charge is 0.222 e. The van der Waals surface area contributed by atoms with Crippen LogP contribution in [0.3, 0.4) is 0 Å². The van der Waals surface area contributed by atoms with Gasteiger partial charge in [0.15, 0.2) is 0 Å². The molecule has 6 nitrogen and oxygen atoms in total. The molecular formula is C17H37N3O3. The van der Waals surface area contributed by atoms with Gasteiger partial charge in [-0.1, -0.05) is 48.5 Å². The first-order valence-corrected chi connectivity index (χ1v) is 8.86. The van der Waals surface area contributed by atoms with Crippen LogP contribution in [0.5, 0.6) is 0 Å². The second-order valence-corrected chi connectivity index (χ2v) is 4.14. The first-order chi connectivity index (χ1) is 11.0. The van der Waals surface area contributed by atoms with Crippen LogP contribution < -0.4 is 10.6 Å². The minimum absolute atomic E-state index is 0.0245. The lowest BCUT2D eigenvalue weighted by Crippen LogP contribution is -2.42. The van der Waals surface area contributed by atoms with E-state index in [1.807, 2.05) is 27.7 Å². The summed E-state index contributed by atoms with van der Waals surface area (Å²) < 4.78 is 0. The molecule has 0 radical (unpaired) electrons. The molecule has 0 saturated heterocycles. The van der Waals surface area contributed by atoms with Gasteiger partial charge in [0, 0.05) is 45.4 Å². The number of amides is 3. The van der Waals surface area contributed by atoms with Gasteiger partial charge in [-0.15, -0.1) is 0 Å². The Morgan fingerprint density at radius 2 is 1.04 bits per heavy atom. The summed E-state index contributed by atoms with van der Waals surface area (Å²) in [5.41, 5.74) is 0. The van der Waals surface area contributed by atoms with E-state index in [0.717, 1.165) is 0 Å². The number of rotatable bonds is 9. The second-order valence-electron chi connectivity index (χ2n) is 4.14. The predicted octanol–water partition coefficient (Wildman–Crippen LogP) is 2.33. The second kappa shape index (κ2) is 20.4. The zero-order valence-corrected chi connectivity index (χ0v) is 16.1. The van der Waals surface area contributed by atoms with Crippen LogP contribution in [0.2, 0.25) is 0 Å². The van der Waals surface area contributed by atoms with Gasteiger partial charge in [-0.3, -0.25) is 14.4 Å². The summed E-state index contributed by atoms with van der Waals surface area (Å²) in [6.45, 7) is 15.2. The maximum absolute atomic E-state index is 11.7. The largest absolute Gasteiger partial charge is 0.354 e. The zero-order chi connectivity index (χ0) is 18.7. The van der Waals surface area contributed by atoms with E-state index in [2.05, 4.69) is 10.6 Å². The Hall–Kier alpha value is -1.59. The van der Waals surface area contributed by atoms with Crippen molar-refractivity contribution in [3.05, 3.63) is 0 Å². The molecular weight excluding hydrogens is 294 g/mol. The van der Waals surface area contributed by atoms with Crippen molar-refractivity contribution in [1.29, 1.82) is 0 Å². The lowest BCUT2D eigenvalue weighted by atomic mass is 10.3. The van der Waals surface area contributed by atoms with Crippen molar-refractivity contribution in [3.63, 3.8) is 0 Å². The standard InChI is InChI=1S/C13H25N3O3.2C2H6/c1-4-11(17)14-7-9-16(13(19)6-3)10-8-15-12(18)5-2;2*1-2/h4-10H2,1-3H3,(H,14,17)(H,15,18);2*1-2H3. The fraction of sp³-hybridized carbons (Fsp3) is 0.824. The number of hydrogen-bond acceptors (Lipinski definition) is 3. The van der Waals surface area contributed by atoms with E-state index in [9.17, 15) is 14.4 Å². The van der Waals surface area contributed by atoms with Crippen molar-refractivity contribution >= 4 is 17.7 Å². The molecule has 0 aliphatic heterocycles. The van der Waals surface area contributed by atoms with Gasteiger partial charge in [-0.2, -0.15) is 0 Å². The molecule has 23 heavy (non-hydrogen) atoms. The number of nitrogens with one attached hydrogen (secondary N) is 2. The molecule has 138 valence electrons. The molecule has 6 heteroatoms. The fourth-order valence-corrected chi connectivity index (χ4v) is 1.50. The van der Waals surface area contributed by atoms with E-state index < -0.39 is 0 Å². The topological polar surface area (TPSA) is 78.5 Å². The molecule has 0 rings (SSSR count). The van der Waals surface area contributed by atoms with Crippen LogP contribution in [0, 0.1) is 0 Å². The summed E-state index contributed by atoms with van der Waals surface area (Å²) in [6.07, 6.45) is 1.30. The van der Waals surface area contributed by atoms with Crippen molar-refractivity contribution in [1.82, 2.24) is 15.5 Å². The lowest BCUT2D eigenvalue weighted by Gasteiger charge is -2.22. The van der Waals surface area contributed by atoms with Crippen molar-refractivity contribution in [3.8, 4) is 0 Å². The average Bonchev–Trinajstić information content (AvgIpc) is 2.62. The van der Waals surface area contributed by atoms with Crippen LogP contribution in [0.25, 0.3) is 0 Å². The van der Waals surface area contributed by atoms with Crippen LogP contribution in [0.15, 0.2) is 0 Å². The molecule has 0 aliphatic carbocycles. The van der Waals surface area contributed by atoms with Crippen LogP contribution in [0.4, 0.5) is 0 Å². The highest BCUT2D eigenvalue weighted by atomic mass is 16.2. The van der Waals surface area contributed by atoms with E-state index in [1.54, 1.807) is 25.7 Å². The Balaban J connectivity index is -0.000000919. The van der Waals surface area contributed by atoms with Crippen LogP contribution >= 0.6 is 0 Å². The summed E-state index contributed by atoms with van der Waals surface area (Å²) in [6, 6.07) is 0. The normalized spacial score (nSPS) is 8.65. The van der Waals surface area contributed by atoms with Gasteiger partial charge in [0.25, 0.3) is 0 Å². The van der Waals surface area contributed by atoms with Gasteiger partial charge in [0.05, 0.1) is 0 Å². The molecule has 0 fully saturated rings. The van der Waals surface area contributed by atoms with E-state index in [0.29, 0.717) is 45.4 Å². The van der Waals surface area contributed by atoms with E-state index in [-0.39, 0.29) is 17.7 Å². The average molecular weight is 332 g/mol. The molecule has 2 N–H and O–H groups in total. The molecule has 0 atom stereocenters. The molecule has 0 aliphatic rings.